The third-order valence-electron chi connectivity index (χ3n) is 6.18. The van der Waals surface area contributed by atoms with Crippen molar-refractivity contribution in [3.63, 3.8) is 0 Å². The highest BCUT2D eigenvalue weighted by Gasteiger charge is 2.41. The monoisotopic (exact) mass is 436 g/mol. The minimum Gasteiger partial charge on any atom is -0.481 e. The van der Waals surface area contributed by atoms with E-state index in [4.69, 9.17) is 16.7 Å². The van der Waals surface area contributed by atoms with Crippen LogP contribution in [-0.4, -0.2) is 32.8 Å². The van der Waals surface area contributed by atoms with Gasteiger partial charge in [0.2, 0.25) is 0 Å². The number of carboxylic acid groups (broad SMARTS) is 1. The summed E-state index contributed by atoms with van der Waals surface area (Å²) in [4.78, 5) is 10.6. The van der Waals surface area contributed by atoms with Gasteiger partial charge in [-0.1, -0.05) is 69.0 Å². The fourth-order valence-electron chi connectivity index (χ4n) is 4.44. The fourth-order valence-corrected chi connectivity index (χ4v) is 4.88. The summed E-state index contributed by atoms with van der Waals surface area (Å²) in [5.41, 5.74) is 2.00. The minimum atomic E-state index is -0.766. The first-order valence-electron chi connectivity index (χ1n) is 11.4. The lowest BCUT2D eigenvalue weighted by atomic mass is 9.84. The van der Waals surface area contributed by atoms with Gasteiger partial charge in [-0.25, -0.2) is 0 Å². The van der Waals surface area contributed by atoms with Crippen LogP contribution in [0.4, 0.5) is 0 Å². The van der Waals surface area contributed by atoms with Crippen molar-refractivity contribution in [2.24, 2.45) is 5.92 Å². The summed E-state index contributed by atoms with van der Waals surface area (Å²) >= 11 is 6.55. The Bertz CT molecular complexity index is 658. The maximum Gasteiger partial charge on any atom is 0.303 e. The van der Waals surface area contributed by atoms with Crippen LogP contribution < -0.4 is 0 Å². The highest BCUT2D eigenvalue weighted by Crippen LogP contribution is 2.45. The molecule has 1 unspecified atom stereocenters. The van der Waals surface area contributed by atoms with Crippen LogP contribution in [0.5, 0.6) is 0 Å². The molecule has 4 nitrogen and oxygen atoms in total. The summed E-state index contributed by atoms with van der Waals surface area (Å²) in [6.07, 6.45) is 11.5. The number of carbonyl (C=O) groups is 1. The van der Waals surface area contributed by atoms with Crippen molar-refractivity contribution in [3.05, 3.63) is 47.5 Å². The SMILES string of the molecule is CCCCCCC(O)c1ccc([C@@H]2[C@@H](C/C=C\CCCC(=O)O)[C@H](Cl)C[C@H]2O)cc1. The topological polar surface area (TPSA) is 77.8 Å². The van der Waals surface area contributed by atoms with Crippen LogP contribution in [-0.2, 0) is 4.79 Å². The van der Waals surface area contributed by atoms with Crippen molar-refractivity contribution in [1.82, 2.24) is 0 Å². The largest absolute Gasteiger partial charge is 0.481 e. The summed E-state index contributed by atoms with van der Waals surface area (Å²) in [6.45, 7) is 2.18. The van der Waals surface area contributed by atoms with Crippen LogP contribution in [0.15, 0.2) is 36.4 Å². The van der Waals surface area contributed by atoms with Crippen molar-refractivity contribution in [2.75, 3.05) is 0 Å². The van der Waals surface area contributed by atoms with E-state index in [1.54, 1.807) is 0 Å². The molecule has 5 atom stereocenters. The van der Waals surface area contributed by atoms with Crippen LogP contribution in [0, 0.1) is 5.92 Å². The molecule has 1 aromatic rings. The molecule has 0 aromatic heterocycles. The predicted molar refractivity (Wildman–Crippen MR) is 122 cm³/mol. The van der Waals surface area contributed by atoms with Crippen LogP contribution in [0.1, 0.15) is 94.3 Å². The first-order valence-corrected chi connectivity index (χ1v) is 11.8. The molecule has 30 heavy (non-hydrogen) atoms. The lowest BCUT2D eigenvalue weighted by molar-refractivity contribution is -0.137. The Morgan fingerprint density at radius 1 is 1.17 bits per heavy atom. The maximum absolute atomic E-state index is 10.6. The summed E-state index contributed by atoms with van der Waals surface area (Å²) in [7, 11) is 0. The van der Waals surface area contributed by atoms with Crippen LogP contribution >= 0.6 is 11.6 Å². The number of unbranched alkanes of at least 4 members (excludes halogenated alkanes) is 4. The van der Waals surface area contributed by atoms with Crippen LogP contribution in [0.25, 0.3) is 0 Å². The first kappa shape index (κ1) is 24.9. The van der Waals surface area contributed by atoms with E-state index in [-0.39, 0.29) is 23.6 Å². The molecule has 0 aliphatic heterocycles. The van der Waals surface area contributed by atoms with Crippen LogP contribution in [0.2, 0.25) is 0 Å². The number of benzene rings is 1. The number of hydrogen-bond acceptors (Lipinski definition) is 3. The molecular weight excluding hydrogens is 400 g/mol. The molecule has 1 aliphatic rings. The molecule has 0 amide bonds. The second-order valence-corrected chi connectivity index (χ2v) is 9.09. The predicted octanol–water partition coefficient (Wildman–Crippen LogP) is 5.96. The van der Waals surface area contributed by atoms with E-state index < -0.39 is 18.2 Å². The number of carboxylic acids is 1. The zero-order valence-corrected chi connectivity index (χ0v) is 18.8. The molecule has 1 aliphatic carbocycles. The van der Waals surface area contributed by atoms with Crippen molar-refractivity contribution in [1.29, 1.82) is 0 Å². The van der Waals surface area contributed by atoms with E-state index in [0.717, 1.165) is 43.2 Å². The van der Waals surface area contributed by atoms with Gasteiger partial charge >= 0.3 is 5.97 Å². The Morgan fingerprint density at radius 3 is 2.57 bits per heavy atom. The molecule has 0 bridgehead atoms. The number of aliphatic carboxylic acids is 1. The maximum atomic E-state index is 10.6. The van der Waals surface area contributed by atoms with E-state index in [1.807, 2.05) is 30.3 Å². The van der Waals surface area contributed by atoms with Gasteiger partial charge in [0.05, 0.1) is 12.2 Å². The highest BCUT2D eigenvalue weighted by atomic mass is 35.5. The van der Waals surface area contributed by atoms with Gasteiger partial charge in [-0.2, -0.15) is 0 Å². The Morgan fingerprint density at radius 2 is 1.90 bits per heavy atom. The average molecular weight is 437 g/mol. The summed E-state index contributed by atoms with van der Waals surface area (Å²) in [6, 6.07) is 8.01. The Kier molecular flexibility index (Phi) is 10.9. The van der Waals surface area contributed by atoms with Gasteiger partial charge in [0, 0.05) is 17.7 Å². The Labute approximate surface area is 186 Å². The van der Waals surface area contributed by atoms with E-state index in [0.29, 0.717) is 12.8 Å². The quantitative estimate of drug-likeness (QED) is 0.202. The molecule has 0 spiro atoms. The molecule has 0 radical (unpaired) electrons. The van der Waals surface area contributed by atoms with Gasteiger partial charge < -0.3 is 15.3 Å². The fraction of sp³-hybridized carbons (Fsp3) is 0.640. The number of aliphatic hydroxyl groups is 2. The molecule has 1 saturated carbocycles. The van der Waals surface area contributed by atoms with Gasteiger partial charge in [0.15, 0.2) is 0 Å². The van der Waals surface area contributed by atoms with E-state index >= 15 is 0 Å². The molecule has 2 rings (SSSR count). The second kappa shape index (κ2) is 13.1. The Hall–Kier alpha value is -1.36. The highest BCUT2D eigenvalue weighted by molar-refractivity contribution is 6.21. The minimum absolute atomic E-state index is 0.0214. The van der Waals surface area contributed by atoms with Gasteiger partial charge in [-0.05, 0) is 49.1 Å². The molecule has 5 heteroatoms. The summed E-state index contributed by atoms with van der Waals surface area (Å²) in [5, 5.41) is 29.6. The van der Waals surface area contributed by atoms with Gasteiger partial charge in [0.1, 0.15) is 0 Å². The van der Waals surface area contributed by atoms with Crippen molar-refractivity contribution in [2.45, 2.75) is 94.6 Å². The standard InChI is InChI=1S/C25H37ClO4/c1-2-3-4-8-11-22(27)18-13-15-19(16-14-18)25-20(21(26)17-23(25)28)10-7-5-6-9-12-24(29)30/h5,7,13-16,20-23,25,27-28H,2-4,6,8-12,17H2,1H3,(H,29,30)/b7-5-/t20-,21+,22?,23+,25+/m0/s1. The lowest BCUT2D eigenvalue weighted by Gasteiger charge is -2.23. The van der Waals surface area contributed by atoms with Crippen molar-refractivity contribution < 1.29 is 20.1 Å². The third-order valence-corrected chi connectivity index (χ3v) is 6.68. The molecule has 168 valence electrons. The van der Waals surface area contributed by atoms with Crippen LogP contribution in [0.3, 0.4) is 0 Å². The smallest absolute Gasteiger partial charge is 0.303 e. The molecule has 0 saturated heterocycles. The molecular formula is C25H37ClO4. The van der Waals surface area contributed by atoms with Crippen molar-refractivity contribution >= 4 is 17.6 Å². The number of hydrogen-bond donors (Lipinski definition) is 3. The van der Waals surface area contributed by atoms with E-state index in [1.165, 1.54) is 12.8 Å². The second-order valence-electron chi connectivity index (χ2n) is 8.53. The van der Waals surface area contributed by atoms with Gasteiger partial charge in [-0.3, -0.25) is 4.79 Å². The normalized spacial score (nSPS) is 25.1. The Balaban J connectivity index is 1.94. The molecule has 3 N–H and O–H groups in total. The van der Waals surface area contributed by atoms with Gasteiger partial charge in [-0.15, -0.1) is 11.6 Å². The number of rotatable bonds is 13. The molecule has 1 fully saturated rings. The third kappa shape index (κ3) is 7.72. The number of allylic oxidation sites excluding steroid dienone is 2. The molecule has 1 aromatic carbocycles. The molecule has 0 heterocycles. The van der Waals surface area contributed by atoms with E-state index in [9.17, 15) is 15.0 Å². The average Bonchev–Trinajstić information content (AvgIpc) is 3.00. The zero-order chi connectivity index (χ0) is 21.9. The number of halogens is 1. The first-order chi connectivity index (χ1) is 14.4. The summed E-state index contributed by atoms with van der Waals surface area (Å²) < 4.78 is 0. The lowest BCUT2D eigenvalue weighted by Crippen LogP contribution is -2.18. The number of aliphatic hydroxyl groups excluding tert-OH is 2. The van der Waals surface area contributed by atoms with Crippen molar-refractivity contribution in [3.8, 4) is 0 Å². The van der Waals surface area contributed by atoms with E-state index in [2.05, 4.69) is 13.0 Å². The zero-order valence-electron chi connectivity index (χ0n) is 18.0. The summed E-state index contributed by atoms with van der Waals surface area (Å²) in [5.74, 6) is -0.646. The van der Waals surface area contributed by atoms with Gasteiger partial charge in [0.25, 0.3) is 0 Å². The number of alkyl halides is 1.